The molecule has 5 nitrogen and oxygen atoms in total. The quantitative estimate of drug-likeness (QED) is 0.878. The molecule has 0 radical (unpaired) electrons. The Bertz CT molecular complexity index is 692. The van der Waals surface area contributed by atoms with E-state index >= 15 is 0 Å². The van der Waals surface area contributed by atoms with Gasteiger partial charge >= 0.3 is 6.03 Å². The summed E-state index contributed by atoms with van der Waals surface area (Å²) in [6.45, 7) is 3.91. The molecule has 2 amide bonds. The molecule has 1 aromatic heterocycles. The lowest BCUT2D eigenvalue weighted by Gasteiger charge is -2.23. The van der Waals surface area contributed by atoms with Gasteiger partial charge in [0.05, 0.1) is 11.7 Å². The van der Waals surface area contributed by atoms with Crippen LogP contribution in [0.25, 0.3) is 0 Å². The Labute approximate surface area is 147 Å². The Morgan fingerprint density at radius 3 is 2.80 bits per heavy atom. The van der Waals surface area contributed by atoms with Gasteiger partial charge in [0, 0.05) is 31.9 Å². The van der Waals surface area contributed by atoms with Gasteiger partial charge in [-0.2, -0.15) is 0 Å². The standard InChI is InChI=1S/C19H23FN4O/c1-2-21-19(25)24-12-10-16(13-24)23-18(17-5-3-4-11-22-17)14-6-8-15(20)9-7-14/h3-9,11,16,18,23H,2,10,12-13H2,1H3,(H,21,25)/t16-,18+/m1/s1. The van der Waals surface area contributed by atoms with E-state index in [-0.39, 0.29) is 23.9 Å². The fourth-order valence-corrected chi connectivity index (χ4v) is 3.13. The van der Waals surface area contributed by atoms with Gasteiger partial charge in [-0.25, -0.2) is 9.18 Å². The van der Waals surface area contributed by atoms with Crippen LogP contribution in [0.2, 0.25) is 0 Å². The Morgan fingerprint density at radius 2 is 2.12 bits per heavy atom. The third kappa shape index (κ3) is 4.33. The molecule has 2 heterocycles. The van der Waals surface area contributed by atoms with Crippen LogP contribution in [0.4, 0.5) is 9.18 Å². The third-order valence-corrected chi connectivity index (χ3v) is 4.39. The summed E-state index contributed by atoms with van der Waals surface area (Å²) in [5.74, 6) is -0.258. The van der Waals surface area contributed by atoms with Gasteiger partial charge in [0.25, 0.3) is 0 Å². The lowest BCUT2D eigenvalue weighted by Crippen LogP contribution is -2.41. The molecule has 1 aliphatic rings. The smallest absolute Gasteiger partial charge is 0.317 e. The lowest BCUT2D eigenvalue weighted by atomic mass is 10.0. The molecular formula is C19H23FN4O. The predicted molar refractivity (Wildman–Crippen MR) is 94.7 cm³/mol. The lowest BCUT2D eigenvalue weighted by molar-refractivity contribution is 0.208. The number of nitrogens with zero attached hydrogens (tertiary/aromatic N) is 2. The first-order valence-electron chi connectivity index (χ1n) is 8.62. The molecule has 1 aliphatic heterocycles. The molecule has 1 aromatic carbocycles. The van der Waals surface area contributed by atoms with E-state index in [2.05, 4.69) is 15.6 Å². The largest absolute Gasteiger partial charge is 0.338 e. The molecule has 0 aliphatic carbocycles. The topological polar surface area (TPSA) is 57.3 Å². The first-order valence-corrected chi connectivity index (χ1v) is 8.62. The summed E-state index contributed by atoms with van der Waals surface area (Å²) < 4.78 is 13.3. The van der Waals surface area contributed by atoms with Crippen LogP contribution in [-0.4, -0.2) is 41.6 Å². The number of hydrogen-bond donors (Lipinski definition) is 2. The molecule has 6 heteroatoms. The number of nitrogens with one attached hydrogen (secondary N) is 2. The molecule has 25 heavy (non-hydrogen) atoms. The highest BCUT2D eigenvalue weighted by Crippen LogP contribution is 2.23. The van der Waals surface area contributed by atoms with E-state index < -0.39 is 0 Å². The Balaban J connectivity index is 1.75. The van der Waals surface area contributed by atoms with Crippen LogP contribution in [0.5, 0.6) is 0 Å². The van der Waals surface area contributed by atoms with Gasteiger partial charge < -0.3 is 15.5 Å². The second-order valence-electron chi connectivity index (χ2n) is 6.17. The van der Waals surface area contributed by atoms with E-state index in [0.29, 0.717) is 13.1 Å². The number of halogens is 1. The summed E-state index contributed by atoms with van der Waals surface area (Å²) in [6.07, 6.45) is 2.63. The molecule has 2 atom stereocenters. The Hall–Kier alpha value is -2.47. The highest BCUT2D eigenvalue weighted by molar-refractivity contribution is 5.74. The number of likely N-dealkylation sites (tertiary alicyclic amines) is 1. The number of carbonyl (C=O) groups is 1. The second kappa shape index (κ2) is 8.07. The first kappa shape index (κ1) is 17.4. The van der Waals surface area contributed by atoms with Gasteiger partial charge in [-0.1, -0.05) is 18.2 Å². The summed E-state index contributed by atoms with van der Waals surface area (Å²) >= 11 is 0. The fraction of sp³-hybridized carbons (Fsp3) is 0.368. The molecule has 0 saturated carbocycles. The number of pyridine rings is 1. The van der Waals surface area contributed by atoms with Crippen molar-refractivity contribution in [2.45, 2.75) is 25.4 Å². The van der Waals surface area contributed by atoms with Crippen molar-refractivity contribution in [3.05, 3.63) is 65.7 Å². The zero-order valence-electron chi connectivity index (χ0n) is 14.3. The van der Waals surface area contributed by atoms with E-state index in [0.717, 1.165) is 24.2 Å². The average molecular weight is 342 g/mol. The molecule has 3 rings (SSSR count). The number of rotatable bonds is 5. The molecule has 0 bridgehead atoms. The van der Waals surface area contributed by atoms with Crippen LogP contribution in [-0.2, 0) is 0 Å². The summed E-state index contributed by atoms with van der Waals surface area (Å²) in [4.78, 5) is 18.3. The molecular weight excluding hydrogens is 319 g/mol. The Morgan fingerprint density at radius 1 is 1.32 bits per heavy atom. The van der Waals surface area contributed by atoms with Crippen LogP contribution < -0.4 is 10.6 Å². The van der Waals surface area contributed by atoms with Crippen LogP contribution in [0.1, 0.15) is 30.6 Å². The monoisotopic (exact) mass is 342 g/mol. The SMILES string of the molecule is CCNC(=O)N1CC[C@@H](N[C@@H](c2ccc(F)cc2)c2ccccn2)C1. The minimum atomic E-state index is -0.258. The maximum atomic E-state index is 13.3. The number of aromatic nitrogens is 1. The van der Waals surface area contributed by atoms with E-state index in [9.17, 15) is 9.18 Å². The summed E-state index contributed by atoms with van der Waals surface area (Å²) in [6, 6.07) is 12.2. The van der Waals surface area contributed by atoms with Gasteiger partial charge in [0.15, 0.2) is 0 Å². The first-order chi connectivity index (χ1) is 12.2. The summed E-state index contributed by atoms with van der Waals surface area (Å²) in [7, 11) is 0. The third-order valence-electron chi connectivity index (χ3n) is 4.39. The maximum absolute atomic E-state index is 13.3. The molecule has 132 valence electrons. The van der Waals surface area contributed by atoms with Crippen molar-refractivity contribution in [1.82, 2.24) is 20.5 Å². The van der Waals surface area contributed by atoms with E-state index in [4.69, 9.17) is 0 Å². The molecule has 2 N–H and O–H groups in total. The average Bonchev–Trinajstić information content (AvgIpc) is 3.10. The number of urea groups is 1. The minimum absolute atomic E-state index is 0.0250. The van der Waals surface area contributed by atoms with Gasteiger partial charge in [-0.3, -0.25) is 4.98 Å². The highest BCUT2D eigenvalue weighted by Gasteiger charge is 2.28. The molecule has 1 fully saturated rings. The zero-order chi connectivity index (χ0) is 17.6. The van der Waals surface area contributed by atoms with Crippen molar-refractivity contribution in [3.8, 4) is 0 Å². The van der Waals surface area contributed by atoms with Crippen LogP contribution in [0.15, 0.2) is 48.7 Å². The van der Waals surface area contributed by atoms with Gasteiger partial charge in [-0.05, 0) is 43.2 Å². The molecule has 0 unspecified atom stereocenters. The molecule has 0 spiro atoms. The fourth-order valence-electron chi connectivity index (χ4n) is 3.13. The second-order valence-corrected chi connectivity index (χ2v) is 6.17. The van der Waals surface area contributed by atoms with Crippen LogP contribution in [0, 0.1) is 5.82 Å². The van der Waals surface area contributed by atoms with Gasteiger partial charge in [0.1, 0.15) is 5.82 Å². The van der Waals surface area contributed by atoms with Crippen molar-refractivity contribution < 1.29 is 9.18 Å². The summed E-state index contributed by atoms with van der Waals surface area (Å²) in [5, 5.41) is 6.42. The predicted octanol–water partition coefficient (Wildman–Crippen LogP) is 2.70. The van der Waals surface area contributed by atoms with Gasteiger partial charge in [-0.15, -0.1) is 0 Å². The van der Waals surface area contributed by atoms with Crippen molar-refractivity contribution in [1.29, 1.82) is 0 Å². The van der Waals surface area contributed by atoms with Crippen LogP contribution in [0.3, 0.4) is 0 Å². The van der Waals surface area contributed by atoms with Crippen molar-refractivity contribution in [2.75, 3.05) is 19.6 Å². The zero-order valence-corrected chi connectivity index (χ0v) is 14.3. The minimum Gasteiger partial charge on any atom is -0.338 e. The number of carbonyl (C=O) groups excluding carboxylic acids is 1. The van der Waals surface area contributed by atoms with E-state index in [1.165, 1.54) is 12.1 Å². The maximum Gasteiger partial charge on any atom is 0.317 e. The normalized spacial score (nSPS) is 18.2. The van der Waals surface area contributed by atoms with E-state index in [1.807, 2.05) is 30.0 Å². The van der Waals surface area contributed by atoms with Crippen LogP contribution >= 0.6 is 0 Å². The number of amides is 2. The van der Waals surface area contributed by atoms with E-state index in [1.54, 1.807) is 18.3 Å². The Kier molecular flexibility index (Phi) is 5.60. The molecule has 1 saturated heterocycles. The number of benzene rings is 1. The molecule has 2 aromatic rings. The van der Waals surface area contributed by atoms with Crippen molar-refractivity contribution in [2.24, 2.45) is 0 Å². The summed E-state index contributed by atoms with van der Waals surface area (Å²) in [5.41, 5.74) is 1.84. The van der Waals surface area contributed by atoms with Crippen molar-refractivity contribution >= 4 is 6.03 Å². The van der Waals surface area contributed by atoms with Gasteiger partial charge in [0.2, 0.25) is 0 Å². The highest BCUT2D eigenvalue weighted by atomic mass is 19.1. The van der Waals surface area contributed by atoms with Crippen molar-refractivity contribution in [3.63, 3.8) is 0 Å². The number of hydrogen-bond acceptors (Lipinski definition) is 3.